The topological polar surface area (TPSA) is 44.3 Å². The van der Waals surface area contributed by atoms with Gasteiger partial charge in [-0.2, -0.15) is 0 Å². The molecule has 1 aliphatic heterocycles. The summed E-state index contributed by atoms with van der Waals surface area (Å²) in [5, 5.41) is 3.32. The van der Waals surface area contributed by atoms with Gasteiger partial charge in [0.1, 0.15) is 0 Å². The van der Waals surface area contributed by atoms with Crippen LogP contribution >= 0.6 is 0 Å². The summed E-state index contributed by atoms with van der Waals surface area (Å²) in [7, 11) is 0. The number of anilines is 1. The highest BCUT2D eigenvalue weighted by Gasteiger charge is 2.18. The van der Waals surface area contributed by atoms with E-state index in [1.807, 2.05) is 6.20 Å². The minimum absolute atomic E-state index is 0.853. The van der Waals surface area contributed by atoms with Crippen molar-refractivity contribution in [3.05, 3.63) is 17.5 Å². The molecule has 1 saturated heterocycles. The van der Waals surface area contributed by atoms with Gasteiger partial charge >= 0.3 is 0 Å². The van der Waals surface area contributed by atoms with Gasteiger partial charge in [-0.15, -0.1) is 0 Å². The molecule has 0 bridgehead atoms. The molecule has 0 unspecified atom stereocenters. The fourth-order valence-corrected chi connectivity index (χ4v) is 2.33. The molecule has 0 amide bonds. The van der Waals surface area contributed by atoms with E-state index < -0.39 is 0 Å². The van der Waals surface area contributed by atoms with E-state index in [-0.39, 0.29) is 0 Å². The van der Waals surface area contributed by atoms with Crippen LogP contribution in [-0.4, -0.2) is 54.1 Å². The third kappa shape index (κ3) is 3.64. The smallest absolute Gasteiger partial charge is 0.225 e. The van der Waals surface area contributed by atoms with Crippen LogP contribution in [0.3, 0.4) is 0 Å². The fourth-order valence-electron chi connectivity index (χ4n) is 2.33. The first-order valence-electron chi connectivity index (χ1n) is 7.25. The highest BCUT2D eigenvalue weighted by atomic mass is 15.3. The average Bonchev–Trinajstić information content (AvgIpc) is 2.46. The Bertz CT molecular complexity index is 399. The Labute approximate surface area is 116 Å². The van der Waals surface area contributed by atoms with E-state index in [9.17, 15) is 0 Å². The molecule has 2 rings (SSSR count). The first kappa shape index (κ1) is 14.2. The fraction of sp³-hybridized carbons (Fsp3) is 0.714. The maximum Gasteiger partial charge on any atom is 0.225 e. The van der Waals surface area contributed by atoms with Gasteiger partial charge in [-0.05, 0) is 20.0 Å². The number of hydrogen-bond acceptors (Lipinski definition) is 5. The van der Waals surface area contributed by atoms with Crippen LogP contribution in [0.5, 0.6) is 0 Å². The molecule has 0 aromatic carbocycles. The molecule has 106 valence electrons. The maximum absolute atomic E-state index is 4.66. The molecule has 19 heavy (non-hydrogen) atoms. The van der Waals surface area contributed by atoms with Crippen LogP contribution in [0.25, 0.3) is 0 Å². The predicted octanol–water partition coefficient (Wildman–Crippen LogP) is 1.04. The number of piperazine rings is 1. The number of aromatic nitrogens is 2. The lowest BCUT2D eigenvalue weighted by molar-refractivity contribution is 0.270. The molecule has 0 atom stereocenters. The number of nitrogens with one attached hydrogen (secondary N) is 1. The van der Waals surface area contributed by atoms with Crippen molar-refractivity contribution >= 4 is 5.95 Å². The summed E-state index contributed by atoms with van der Waals surface area (Å²) in [6.07, 6.45) is 1.96. The number of likely N-dealkylation sites (N-methyl/N-ethyl adjacent to an activating group) is 1. The molecular formula is C14H25N5. The van der Waals surface area contributed by atoms with E-state index >= 15 is 0 Å². The minimum atomic E-state index is 0.853. The van der Waals surface area contributed by atoms with Gasteiger partial charge in [0.2, 0.25) is 5.95 Å². The predicted molar refractivity (Wildman–Crippen MR) is 78.5 cm³/mol. The molecule has 0 saturated carbocycles. The van der Waals surface area contributed by atoms with E-state index in [0.717, 1.165) is 57.5 Å². The second-order valence-electron chi connectivity index (χ2n) is 4.98. The zero-order valence-electron chi connectivity index (χ0n) is 12.3. The lowest BCUT2D eigenvalue weighted by Gasteiger charge is -2.34. The third-order valence-electron chi connectivity index (χ3n) is 3.74. The lowest BCUT2D eigenvalue weighted by Crippen LogP contribution is -2.46. The Hall–Kier alpha value is -1.20. The van der Waals surface area contributed by atoms with Crippen LogP contribution in [-0.2, 0) is 6.54 Å². The van der Waals surface area contributed by atoms with Crippen molar-refractivity contribution in [1.82, 2.24) is 20.2 Å². The van der Waals surface area contributed by atoms with E-state index in [0.29, 0.717) is 0 Å². The van der Waals surface area contributed by atoms with Gasteiger partial charge in [0, 0.05) is 50.2 Å². The number of nitrogens with zero attached hydrogens (tertiary/aromatic N) is 4. The number of rotatable bonds is 5. The Morgan fingerprint density at radius 3 is 2.53 bits per heavy atom. The Balaban J connectivity index is 1.99. The van der Waals surface area contributed by atoms with Crippen LogP contribution in [0.1, 0.15) is 25.1 Å². The van der Waals surface area contributed by atoms with Crippen molar-refractivity contribution in [2.45, 2.75) is 27.3 Å². The normalized spacial score (nSPS) is 16.9. The molecule has 1 N–H and O–H groups in total. The van der Waals surface area contributed by atoms with Crippen LogP contribution in [0.2, 0.25) is 0 Å². The van der Waals surface area contributed by atoms with Crippen LogP contribution in [0.15, 0.2) is 6.20 Å². The van der Waals surface area contributed by atoms with Gasteiger partial charge in [0.15, 0.2) is 0 Å². The molecule has 0 aliphatic carbocycles. The molecule has 5 heteroatoms. The van der Waals surface area contributed by atoms with E-state index in [1.165, 1.54) is 5.56 Å². The quantitative estimate of drug-likeness (QED) is 0.860. The van der Waals surface area contributed by atoms with Gasteiger partial charge in [0.25, 0.3) is 0 Å². The van der Waals surface area contributed by atoms with Crippen molar-refractivity contribution < 1.29 is 0 Å². The first-order chi connectivity index (χ1) is 9.24. The maximum atomic E-state index is 4.66. The first-order valence-corrected chi connectivity index (χ1v) is 7.25. The lowest BCUT2D eigenvalue weighted by atomic mass is 10.2. The second kappa shape index (κ2) is 6.82. The summed E-state index contributed by atoms with van der Waals surface area (Å²) in [4.78, 5) is 13.9. The largest absolute Gasteiger partial charge is 0.338 e. The summed E-state index contributed by atoms with van der Waals surface area (Å²) in [6, 6.07) is 0. The summed E-state index contributed by atoms with van der Waals surface area (Å²) in [6.45, 7) is 13.6. The number of aryl methyl sites for hydroxylation is 1. The summed E-state index contributed by atoms with van der Waals surface area (Å²) in [5.74, 6) is 0.883. The number of hydrogen-bond donors (Lipinski definition) is 1. The van der Waals surface area contributed by atoms with Crippen LogP contribution < -0.4 is 10.2 Å². The molecule has 2 heterocycles. The van der Waals surface area contributed by atoms with Crippen molar-refractivity contribution in [3.8, 4) is 0 Å². The van der Waals surface area contributed by atoms with E-state index in [1.54, 1.807) is 0 Å². The second-order valence-corrected chi connectivity index (χ2v) is 4.98. The Morgan fingerprint density at radius 2 is 1.95 bits per heavy atom. The van der Waals surface area contributed by atoms with Gasteiger partial charge in [-0.1, -0.05) is 13.8 Å². The molecule has 0 radical (unpaired) electrons. The zero-order valence-corrected chi connectivity index (χ0v) is 12.3. The average molecular weight is 263 g/mol. The van der Waals surface area contributed by atoms with Crippen molar-refractivity contribution in [3.63, 3.8) is 0 Å². The van der Waals surface area contributed by atoms with Crippen molar-refractivity contribution in [2.24, 2.45) is 0 Å². The van der Waals surface area contributed by atoms with Crippen LogP contribution in [0.4, 0.5) is 5.95 Å². The highest BCUT2D eigenvalue weighted by molar-refractivity contribution is 5.33. The minimum Gasteiger partial charge on any atom is -0.338 e. The molecule has 1 aliphatic rings. The van der Waals surface area contributed by atoms with Gasteiger partial charge in [-0.25, -0.2) is 9.97 Å². The molecule has 0 spiro atoms. The molecule has 1 aromatic heterocycles. The zero-order chi connectivity index (χ0) is 13.7. The molecule has 5 nitrogen and oxygen atoms in total. The van der Waals surface area contributed by atoms with Gasteiger partial charge in [0.05, 0.1) is 0 Å². The van der Waals surface area contributed by atoms with E-state index in [2.05, 4.69) is 45.9 Å². The van der Waals surface area contributed by atoms with Crippen LogP contribution in [0, 0.1) is 6.92 Å². The highest BCUT2D eigenvalue weighted by Crippen LogP contribution is 2.13. The molecular weight excluding hydrogens is 238 g/mol. The van der Waals surface area contributed by atoms with Gasteiger partial charge < -0.3 is 15.1 Å². The van der Waals surface area contributed by atoms with Gasteiger partial charge in [-0.3, -0.25) is 0 Å². The third-order valence-corrected chi connectivity index (χ3v) is 3.74. The molecule has 1 fully saturated rings. The standard InChI is InChI=1S/C14H25N5/c1-4-15-10-13-11-16-14(17-12(13)3)19-8-6-18(5-2)7-9-19/h11,15H,4-10H2,1-3H3. The summed E-state index contributed by atoms with van der Waals surface area (Å²) < 4.78 is 0. The van der Waals surface area contributed by atoms with Crippen molar-refractivity contribution in [1.29, 1.82) is 0 Å². The summed E-state index contributed by atoms with van der Waals surface area (Å²) >= 11 is 0. The monoisotopic (exact) mass is 263 g/mol. The SMILES string of the molecule is CCNCc1cnc(N2CCN(CC)CC2)nc1C. The Morgan fingerprint density at radius 1 is 1.21 bits per heavy atom. The van der Waals surface area contributed by atoms with E-state index in [4.69, 9.17) is 0 Å². The molecule has 1 aromatic rings. The Kier molecular flexibility index (Phi) is 5.10. The van der Waals surface area contributed by atoms with Crippen molar-refractivity contribution in [2.75, 3.05) is 44.2 Å². The summed E-state index contributed by atoms with van der Waals surface area (Å²) in [5.41, 5.74) is 2.28.